The molecule has 0 saturated heterocycles. The summed E-state index contributed by atoms with van der Waals surface area (Å²) < 4.78 is 4.96. The molecule has 0 bridgehead atoms. The fraction of sp³-hybridized carbons (Fsp3) is 0.917. The second kappa shape index (κ2) is 8.72. The summed E-state index contributed by atoms with van der Waals surface area (Å²) in [7, 11) is 0. The van der Waals surface area contributed by atoms with Crippen molar-refractivity contribution in [3.63, 3.8) is 0 Å². The molecular formula is C12H24O3. The minimum Gasteiger partial charge on any atom is -0.466 e. The van der Waals surface area contributed by atoms with Crippen LogP contribution < -0.4 is 0 Å². The number of carbonyl (C=O) groups is 1. The smallest absolute Gasteiger partial charge is 0.311 e. The highest BCUT2D eigenvalue weighted by molar-refractivity contribution is 5.73. The van der Waals surface area contributed by atoms with Crippen molar-refractivity contribution in [3.05, 3.63) is 0 Å². The highest BCUT2D eigenvalue weighted by Gasteiger charge is 2.26. The lowest BCUT2D eigenvalue weighted by molar-refractivity contribution is -0.152. The molecular weight excluding hydrogens is 192 g/mol. The third kappa shape index (κ3) is 5.78. The molecule has 1 N–H and O–H groups in total. The third-order valence-electron chi connectivity index (χ3n) is 2.51. The molecule has 0 aliphatic rings. The average molecular weight is 216 g/mol. The lowest BCUT2D eigenvalue weighted by Crippen LogP contribution is -2.30. The van der Waals surface area contributed by atoms with Crippen molar-refractivity contribution in [1.29, 1.82) is 0 Å². The van der Waals surface area contributed by atoms with Gasteiger partial charge in [0.15, 0.2) is 0 Å². The topological polar surface area (TPSA) is 46.5 Å². The van der Waals surface area contributed by atoms with Gasteiger partial charge in [0.1, 0.15) is 0 Å². The monoisotopic (exact) mass is 216 g/mol. The van der Waals surface area contributed by atoms with Gasteiger partial charge in [-0.25, -0.2) is 0 Å². The molecule has 3 nitrogen and oxygen atoms in total. The van der Waals surface area contributed by atoms with E-state index in [1.54, 1.807) is 6.92 Å². The number of esters is 1. The highest BCUT2D eigenvalue weighted by atomic mass is 16.5. The Morgan fingerprint density at radius 3 is 2.33 bits per heavy atom. The number of aliphatic hydroxyl groups is 1. The number of unbranched alkanes of at least 4 members (excludes halogenated alkanes) is 1. The third-order valence-corrected chi connectivity index (χ3v) is 2.51. The van der Waals surface area contributed by atoms with Crippen LogP contribution in [-0.2, 0) is 9.53 Å². The molecule has 2 atom stereocenters. The van der Waals surface area contributed by atoms with Crippen molar-refractivity contribution in [2.45, 2.75) is 59.0 Å². The van der Waals surface area contributed by atoms with E-state index in [0.29, 0.717) is 19.4 Å². The van der Waals surface area contributed by atoms with Crippen LogP contribution in [0.2, 0.25) is 0 Å². The predicted molar refractivity (Wildman–Crippen MR) is 60.6 cm³/mol. The van der Waals surface area contributed by atoms with E-state index in [1.165, 1.54) is 0 Å². The van der Waals surface area contributed by atoms with Crippen molar-refractivity contribution in [2.75, 3.05) is 6.61 Å². The molecule has 2 unspecified atom stereocenters. The molecule has 3 heteroatoms. The highest BCUT2D eigenvalue weighted by Crippen LogP contribution is 2.18. The molecule has 0 heterocycles. The SMILES string of the molecule is CCCCC(O)C(CCC)C(=O)OCC. The number of aliphatic hydroxyl groups excluding tert-OH is 1. The van der Waals surface area contributed by atoms with E-state index in [4.69, 9.17) is 4.74 Å². The Morgan fingerprint density at radius 2 is 1.87 bits per heavy atom. The van der Waals surface area contributed by atoms with Gasteiger partial charge in [0, 0.05) is 0 Å². The lowest BCUT2D eigenvalue weighted by Gasteiger charge is -2.20. The molecule has 15 heavy (non-hydrogen) atoms. The zero-order chi connectivity index (χ0) is 11.7. The van der Waals surface area contributed by atoms with E-state index in [0.717, 1.165) is 19.3 Å². The first kappa shape index (κ1) is 14.4. The molecule has 0 rings (SSSR count). The van der Waals surface area contributed by atoms with Crippen LogP contribution in [0.3, 0.4) is 0 Å². The van der Waals surface area contributed by atoms with Gasteiger partial charge in [-0.05, 0) is 19.8 Å². The normalized spacial score (nSPS) is 14.7. The van der Waals surface area contributed by atoms with Crippen molar-refractivity contribution < 1.29 is 14.6 Å². The van der Waals surface area contributed by atoms with Gasteiger partial charge in [-0.3, -0.25) is 4.79 Å². The van der Waals surface area contributed by atoms with E-state index in [2.05, 4.69) is 6.92 Å². The molecule has 0 aliphatic carbocycles. The summed E-state index contributed by atoms with van der Waals surface area (Å²) in [6.45, 7) is 6.27. The Bertz CT molecular complexity index is 168. The maximum Gasteiger partial charge on any atom is 0.311 e. The summed E-state index contributed by atoms with van der Waals surface area (Å²) in [6, 6.07) is 0. The molecule has 90 valence electrons. The molecule has 0 aliphatic heterocycles. The second-order valence-corrected chi connectivity index (χ2v) is 3.86. The summed E-state index contributed by atoms with van der Waals surface area (Å²) >= 11 is 0. The second-order valence-electron chi connectivity index (χ2n) is 3.86. The van der Waals surface area contributed by atoms with E-state index >= 15 is 0 Å². The van der Waals surface area contributed by atoms with Crippen LogP contribution in [-0.4, -0.2) is 23.8 Å². The van der Waals surface area contributed by atoms with Gasteiger partial charge in [-0.1, -0.05) is 33.1 Å². The van der Waals surface area contributed by atoms with E-state index < -0.39 is 6.10 Å². The van der Waals surface area contributed by atoms with Gasteiger partial charge < -0.3 is 9.84 Å². The summed E-state index contributed by atoms with van der Waals surface area (Å²) in [6.07, 6.45) is 3.76. The van der Waals surface area contributed by atoms with Crippen LogP contribution in [0, 0.1) is 5.92 Å². The molecule has 0 aromatic rings. The molecule has 0 radical (unpaired) electrons. The fourth-order valence-corrected chi connectivity index (χ4v) is 1.64. The summed E-state index contributed by atoms with van der Waals surface area (Å²) in [5, 5.41) is 9.87. The zero-order valence-electron chi connectivity index (χ0n) is 10.2. The Balaban J connectivity index is 4.16. The summed E-state index contributed by atoms with van der Waals surface area (Å²) in [4.78, 5) is 11.6. The zero-order valence-corrected chi connectivity index (χ0v) is 10.2. The molecule has 0 aromatic carbocycles. The van der Waals surface area contributed by atoms with Gasteiger partial charge in [0.25, 0.3) is 0 Å². The van der Waals surface area contributed by atoms with Crippen LogP contribution in [0.4, 0.5) is 0 Å². The van der Waals surface area contributed by atoms with E-state index in [1.807, 2.05) is 6.92 Å². The van der Waals surface area contributed by atoms with Gasteiger partial charge in [0.2, 0.25) is 0 Å². The number of hydrogen-bond donors (Lipinski definition) is 1. The molecule has 0 spiro atoms. The van der Waals surface area contributed by atoms with Gasteiger partial charge >= 0.3 is 5.97 Å². The fourth-order valence-electron chi connectivity index (χ4n) is 1.64. The Morgan fingerprint density at radius 1 is 1.20 bits per heavy atom. The van der Waals surface area contributed by atoms with E-state index in [-0.39, 0.29) is 11.9 Å². The number of hydrogen-bond acceptors (Lipinski definition) is 3. The average Bonchev–Trinajstić information content (AvgIpc) is 2.22. The standard InChI is InChI=1S/C12H24O3/c1-4-7-9-11(13)10(8-5-2)12(14)15-6-3/h10-11,13H,4-9H2,1-3H3. The first-order valence-electron chi connectivity index (χ1n) is 6.01. The maximum atomic E-state index is 11.6. The molecule has 0 aromatic heterocycles. The van der Waals surface area contributed by atoms with Crippen LogP contribution in [0.5, 0.6) is 0 Å². The van der Waals surface area contributed by atoms with Crippen LogP contribution in [0.1, 0.15) is 52.9 Å². The van der Waals surface area contributed by atoms with E-state index in [9.17, 15) is 9.90 Å². The quantitative estimate of drug-likeness (QED) is 0.634. The van der Waals surface area contributed by atoms with Gasteiger partial charge in [-0.2, -0.15) is 0 Å². The minimum atomic E-state index is -0.538. The minimum absolute atomic E-state index is 0.247. The molecule has 0 saturated carbocycles. The van der Waals surface area contributed by atoms with Gasteiger partial charge in [-0.15, -0.1) is 0 Å². The number of carbonyl (C=O) groups excluding carboxylic acids is 1. The Labute approximate surface area is 92.8 Å². The number of ether oxygens (including phenoxy) is 1. The van der Waals surface area contributed by atoms with Gasteiger partial charge in [0.05, 0.1) is 18.6 Å². The van der Waals surface area contributed by atoms with Crippen molar-refractivity contribution in [3.8, 4) is 0 Å². The first-order valence-corrected chi connectivity index (χ1v) is 6.01. The largest absolute Gasteiger partial charge is 0.466 e. The van der Waals surface area contributed by atoms with Crippen molar-refractivity contribution in [1.82, 2.24) is 0 Å². The first-order chi connectivity index (χ1) is 7.17. The summed E-state index contributed by atoms with van der Waals surface area (Å²) in [5.74, 6) is -0.579. The Hall–Kier alpha value is -0.570. The molecule has 0 fully saturated rings. The maximum absolute atomic E-state index is 11.6. The van der Waals surface area contributed by atoms with Crippen LogP contribution in [0.15, 0.2) is 0 Å². The molecule has 0 amide bonds. The predicted octanol–water partition coefficient (Wildman–Crippen LogP) is 2.52. The van der Waals surface area contributed by atoms with Crippen molar-refractivity contribution in [2.24, 2.45) is 5.92 Å². The summed E-state index contributed by atoms with van der Waals surface area (Å²) in [5.41, 5.74) is 0. The van der Waals surface area contributed by atoms with Crippen LogP contribution in [0.25, 0.3) is 0 Å². The lowest BCUT2D eigenvalue weighted by atomic mass is 9.93. The van der Waals surface area contributed by atoms with Crippen molar-refractivity contribution >= 4 is 5.97 Å². The number of rotatable bonds is 8. The Kier molecular flexibility index (Phi) is 8.38. The van der Waals surface area contributed by atoms with Crippen LogP contribution >= 0.6 is 0 Å².